The van der Waals surface area contributed by atoms with Crippen molar-refractivity contribution in [2.45, 2.75) is 63.6 Å². The zero-order valence-electron chi connectivity index (χ0n) is 15.5. The summed E-state index contributed by atoms with van der Waals surface area (Å²) in [7, 11) is 0. The summed E-state index contributed by atoms with van der Waals surface area (Å²) in [6, 6.07) is 5.28. The average molecular weight is 424 g/mol. The monoisotopic (exact) mass is 423 g/mol. The van der Waals surface area contributed by atoms with Gasteiger partial charge in [0, 0.05) is 28.3 Å². The molecule has 2 fully saturated rings. The molecule has 1 saturated carbocycles. The molecule has 1 aliphatic heterocycles. The highest BCUT2D eigenvalue weighted by Gasteiger charge is 2.54. The fourth-order valence-electron chi connectivity index (χ4n) is 3.54. The van der Waals surface area contributed by atoms with Crippen LogP contribution in [0.2, 0.25) is 0 Å². The Morgan fingerprint density at radius 1 is 1.35 bits per heavy atom. The first kappa shape index (κ1) is 19.0. The summed E-state index contributed by atoms with van der Waals surface area (Å²) >= 11 is 3.35. The minimum absolute atomic E-state index is 0.0340. The number of benzene rings is 1. The maximum Gasteiger partial charge on any atom is 0.410 e. The van der Waals surface area contributed by atoms with Gasteiger partial charge in [-0.3, -0.25) is 4.79 Å². The number of carbonyl (C=O) groups excluding carboxylic acids is 2. The molecule has 7 heteroatoms. The zero-order valence-corrected chi connectivity index (χ0v) is 17.1. The highest BCUT2D eigenvalue weighted by Crippen LogP contribution is 2.48. The van der Waals surface area contributed by atoms with Gasteiger partial charge in [0.2, 0.25) is 0 Å². The molecule has 3 rings (SSSR count). The highest BCUT2D eigenvalue weighted by atomic mass is 79.9. The van der Waals surface area contributed by atoms with E-state index in [4.69, 9.17) is 10.5 Å². The van der Waals surface area contributed by atoms with Crippen LogP contribution in [-0.4, -0.2) is 40.6 Å². The Kier molecular flexibility index (Phi) is 4.94. The van der Waals surface area contributed by atoms with E-state index in [-0.39, 0.29) is 23.6 Å². The van der Waals surface area contributed by atoms with Crippen molar-refractivity contribution in [2.75, 3.05) is 12.3 Å². The second kappa shape index (κ2) is 6.76. The standard InChI is InChI=1S/C19H26BrN3O3/c1-18(2,3)26-17(25)23-9-6-13(11-19(23)7-8-19)22-16(24)14-5-4-12(20)10-15(14)21/h4-5,10,13H,6-9,11,21H2,1-3H3,(H,22,24). The lowest BCUT2D eigenvalue weighted by Gasteiger charge is -2.40. The molecule has 1 aliphatic carbocycles. The van der Waals surface area contributed by atoms with E-state index < -0.39 is 5.60 Å². The third kappa shape index (κ3) is 4.14. The number of nitrogens with one attached hydrogen (secondary N) is 1. The van der Waals surface area contributed by atoms with E-state index in [0.29, 0.717) is 24.2 Å². The second-order valence-corrected chi connectivity index (χ2v) is 9.17. The van der Waals surface area contributed by atoms with E-state index in [1.807, 2.05) is 25.7 Å². The van der Waals surface area contributed by atoms with Gasteiger partial charge in [0.1, 0.15) is 5.60 Å². The van der Waals surface area contributed by atoms with Crippen molar-refractivity contribution in [3.63, 3.8) is 0 Å². The molecule has 142 valence electrons. The minimum atomic E-state index is -0.503. The van der Waals surface area contributed by atoms with E-state index >= 15 is 0 Å². The first-order valence-corrected chi connectivity index (χ1v) is 9.75. The summed E-state index contributed by atoms with van der Waals surface area (Å²) < 4.78 is 6.39. The van der Waals surface area contributed by atoms with Crippen molar-refractivity contribution in [1.29, 1.82) is 0 Å². The lowest BCUT2D eigenvalue weighted by Crippen LogP contribution is -2.54. The minimum Gasteiger partial charge on any atom is -0.444 e. The SMILES string of the molecule is CC(C)(C)OC(=O)N1CCC(NC(=O)c2ccc(Br)cc2N)CC12CC2. The molecule has 0 aromatic heterocycles. The van der Waals surface area contributed by atoms with Gasteiger partial charge in [-0.2, -0.15) is 0 Å². The molecule has 1 aromatic carbocycles. The Morgan fingerprint density at radius 2 is 2.04 bits per heavy atom. The number of hydrogen-bond acceptors (Lipinski definition) is 4. The molecule has 3 N–H and O–H groups in total. The van der Waals surface area contributed by atoms with Gasteiger partial charge in [0.25, 0.3) is 5.91 Å². The Bertz CT molecular complexity index is 725. The molecule has 6 nitrogen and oxygen atoms in total. The van der Waals surface area contributed by atoms with Gasteiger partial charge < -0.3 is 20.7 Å². The summed E-state index contributed by atoms with van der Waals surface area (Å²) in [5.74, 6) is -0.165. The van der Waals surface area contributed by atoms with Gasteiger partial charge in [-0.25, -0.2) is 4.79 Å². The van der Waals surface area contributed by atoms with Crippen LogP contribution in [0.15, 0.2) is 22.7 Å². The number of nitrogens with two attached hydrogens (primary N) is 1. The summed E-state index contributed by atoms with van der Waals surface area (Å²) in [4.78, 5) is 26.9. The number of likely N-dealkylation sites (tertiary alicyclic amines) is 1. The Balaban J connectivity index is 1.63. The molecule has 2 aliphatic rings. The number of carbonyl (C=O) groups is 2. The molecule has 1 spiro atoms. The van der Waals surface area contributed by atoms with Crippen LogP contribution in [0, 0.1) is 0 Å². The molecule has 1 saturated heterocycles. The van der Waals surface area contributed by atoms with Crippen molar-refractivity contribution in [3.05, 3.63) is 28.2 Å². The number of piperidine rings is 1. The van der Waals surface area contributed by atoms with Gasteiger partial charge in [-0.15, -0.1) is 0 Å². The smallest absolute Gasteiger partial charge is 0.410 e. The highest BCUT2D eigenvalue weighted by molar-refractivity contribution is 9.10. The predicted molar refractivity (Wildman–Crippen MR) is 104 cm³/mol. The van der Waals surface area contributed by atoms with Gasteiger partial charge in [-0.1, -0.05) is 15.9 Å². The summed E-state index contributed by atoms with van der Waals surface area (Å²) in [6.45, 7) is 6.22. The van der Waals surface area contributed by atoms with Crippen LogP contribution in [0.5, 0.6) is 0 Å². The fourth-order valence-corrected chi connectivity index (χ4v) is 3.92. The topological polar surface area (TPSA) is 84.7 Å². The molecule has 2 amide bonds. The molecule has 0 bridgehead atoms. The summed E-state index contributed by atoms with van der Waals surface area (Å²) in [5, 5.41) is 3.09. The number of halogens is 1. The van der Waals surface area contributed by atoms with Crippen molar-refractivity contribution in [1.82, 2.24) is 10.2 Å². The second-order valence-electron chi connectivity index (χ2n) is 8.25. The van der Waals surface area contributed by atoms with Crippen LogP contribution in [0.3, 0.4) is 0 Å². The van der Waals surface area contributed by atoms with Crippen LogP contribution in [0.4, 0.5) is 10.5 Å². The van der Waals surface area contributed by atoms with Crippen molar-refractivity contribution < 1.29 is 14.3 Å². The first-order chi connectivity index (χ1) is 12.1. The molecule has 1 unspecified atom stereocenters. The molecular formula is C19H26BrN3O3. The number of nitrogens with zero attached hydrogens (tertiary/aromatic N) is 1. The molecule has 1 atom stereocenters. The van der Waals surface area contributed by atoms with E-state index in [0.717, 1.165) is 23.7 Å². The largest absolute Gasteiger partial charge is 0.444 e. The number of anilines is 1. The van der Waals surface area contributed by atoms with Gasteiger partial charge in [0.05, 0.1) is 5.56 Å². The maximum absolute atomic E-state index is 12.6. The van der Waals surface area contributed by atoms with Crippen LogP contribution in [0.1, 0.15) is 56.8 Å². The van der Waals surface area contributed by atoms with E-state index in [1.165, 1.54) is 0 Å². The van der Waals surface area contributed by atoms with Crippen molar-refractivity contribution >= 4 is 33.6 Å². The Hall–Kier alpha value is -1.76. The average Bonchev–Trinajstić information content (AvgIpc) is 3.24. The first-order valence-electron chi connectivity index (χ1n) is 8.96. The van der Waals surface area contributed by atoms with Crippen molar-refractivity contribution in [2.24, 2.45) is 0 Å². The van der Waals surface area contributed by atoms with Gasteiger partial charge >= 0.3 is 6.09 Å². The maximum atomic E-state index is 12.6. The number of ether oxygens (including phenoxy) is 1. The zero-order chi connectivity index (χ0) is 19.1. The van der Waals surface area contributed by atoms with E-state index in [2.05, 4.69) is 21.2 Å². The van der Waals surface area contributed by atoms with Crippen LogP contribution in [0.25, 0.3) is 0 Å². The normalized spacial score (nSPS) is 21.4. The van der Waals surface area contributed by atoms with Crippen LogP contribution < -0.4 is 11.1 Å². The van der Waals surface area contributed by atoms with E-state index in [9.17, 15) is 9.59 Å². The lowest BCUT2D eigenvalue weighted by atomic mass is 9.95. The molecule has 1 heterocycles. The molecule has 1 aromatic rings. The summed E-state index contributed by atoms with van der Waals surface area (Å²) in [5.41, 5.74) is 6.22. The molecule has 26 heavy (non-hydrogen) atoms. The quantitative estimate of drug-likeness (QED) is 0.710. The number of hydrogen-bond donors (Lipinski definition) is 2. The van der Waals surface area contributed by atoms with Crippen LogP contribution in [-0.2, 0) is 4.74 Å². The number of amides is 2. The Morgan fingerprint density at radius 3 is 2.62 bits per heavy atom. The molecule has 0 radical (unpaired) electrons. The van der Waals surface area contributed by atoms with Crippen LogP contribution >= 0.6 is 15.9 Å². The summed E-state index contributed by atoms with van der Waals surface area (Å²) in [6.07, 6.45) is 3.13. The van der Waals surface area contributed by atoms with Gasteiger partial charge in [0.15, 0.2) is 0 Å². The molecular weight excluding hydrogens is 398 g/mol. The third-order valence-electron chi connectivity index (χ3n) is 4.93. The lowest BCUT2D eigenvalue weighted by molar-refractivity contribution is 0.00284. The number of rotatable bonds is 2. The van der Waals surface area contributed by atoms with Crippen molar-refractivity contribution in [3.8, 4) is 0 Å². The Labute approximate surface area is 162 Å². The van der Waals surface area contributed by atoms with Gasteiger partial charge in [-0.05, 0) is 64.7 Å². The number of nitrogen functional groups attached to an aromatic ring is 1. The predicted octanol–water partition coefficient (Wildman–Crippen LogP) is 3.69. The third-order valence-corrected chi connectivity index (χ3v) is 5.43. The fraction of sp³-hybridized carbons (Fsp3) is 0.579. The van der Waals surface area contributed by atoms with E-state index in [1.54, 1.807) is 18.2 Å².